The smallest absolute Gasteiger partial charge is 0.352 e. The van der Waals surface area contributed by atoms with Gasteiger partial charge in [-0.3, -0.25) is 9.38 Å². The highest BCUT2D eigenvalue weighted by molar-refractivity contribution is 5.87. The number of aromatic nitrogens is 3. The molecular formula is C13H8FN3O2. The fourth-order valence-electron chi connectivity index (χ4n) is 1.96. The maximum atomic E-state index is 13.2. The van der Waals surface area contributed by atoms with Gasteiger partial charge in [-0.15, -0.1) is 0 Å². The largest absolute Gasteiger partial charge is 0.477 e. The number of carboxylic acid groups (broad SMARTS) is 1. The molecule has 3 heterocycles. The molecule has 0 atom stereocenters. The van der Waals surface area contributed by atoms with Crippen LogP contribution in [0.1, 0.15) is 10.5 Å². The van der Waals surface area contributed by atoms with Crippen molar-refractivity contribution >= 4 is 11.6 Å². The van der Waals surface area contributed by atoms with E-state index < -0.39 is 11.8 Å². The van der Waals surface area contributed by atoms with Crippen molar-refractivity contribution in [1.82, 2.24) is 14.4 Å². The molecule has 3 aromatic heterocycles. The molecule has 0 unspecified atom stereocenters. The summed E-state index contributed by atoms with van der Waals surface area (Å²) in [6.07, 6.45) is 4.05. The lowest BCUT2D eigenvalue weighted by Gasteiger charge is -2.05. The molecule has 0 amide bonds. The number of imidazole rings is 1. The van der Waals surface area contributed by atoms with Crippen molar-refractivity contribution in [3.8, 4) is 11.3 Å². The van der Waals surface area contributed by atoms with Crippen molar-refractivity contribution in [2.24, 2.45) is 0 Å². The third kappa shape index (κ3) is 1.83. The number of pyridine rings is 2. The zero-order valence-electron chi connectivity index (χ0n) is 9.62. The number of rotatable bonds is 2. The summed E-state index contributed by atoms with van der Waals surface area (Å²) < 4.78 is 14.7. The van der Waals surface area contributed by atoms with Gasteiger partial charge in [0.1, 0.15) is 17.2 Å². The lowest BCUT2D eigenvalue weighted by Crippen LogP contribution is -2.05. The predicted molar refractivity (Wildman–Crippen MR) is 65.3 cm³/mol. The molecule has 1 N–H and O–H groups in total. The summed E-state index contributed by atoms with van der Waals surface area (Å²) in [6.45, 7) is 0. The molecule has 0 aromatic carbocycles. The second-order valence-corrected chi connectivity index (χ2v) is 3.95. The van der Waals surface area contributed by atoms with E-state index in [9.17, 15) is 14.3 Å². The second kappa shape index (κ2) is 4.16. The first-order valence-corrected chi connectivity index (χ1v) is 5.47. The van der Waals surface area contributed by atoms with Gasteiger partial charge in [-0.1, -0.05) is 6.07 Å². The fraction of sp³-hybridized carbons (Fsp3) is 0. The molecule has 6 heteroatoms. The fourth-order valence-corrected chi connectivity index (χ4v) is 1.96. The van der Waals surface area contributed by atoms with Crippen LogP contribution in [0.4, 0.5) is 4.39 Å². The summed E-state index contributed by atoms with van der Waals surface area (Å²) in [7, 11) is 0. The van der Waals surface area contributed by atoms with E-state index in [4.69, 9.17) is 0 Å². The minimum Gasteiger partial charge on any atom is -0.477 e. The molecule has 0 spiro atoms. The number of hydrogen-bond donors (Lipinski definition) is 1. The van der Waals surface area contributed by atoms with Crippen molar-refractivity contribution < 1.29 is 14.3 Å². The molecule has 3 rings (SSSR count). The van der Waals surface area contributed by atoms with Crippen LogP contribution in [0.25, 0.3) is 16.9 Å². The maximum Gasteiger partial charge on any atom is 0.352 e. The van der Waals surface area contributed by atoms with E-state index in [1.807, 2.05) is 0 Å². The van der Waals surface area contributed by atoms with Crippen LogP contribution in [-0.2, 0) is 0 Å². The highest BCUT2D eigenvalue weighted by Crippen LogP contribution is 2.22. The minimum atomic E-state index is -1.07. The standard InChI is InChI=1S/C13H8FN3O2/c14-9-4-8(5-15-6-9)11-7-16-12-3-1-2-10(13(18)19)17(11)12/h1-7H,(H,18,19). The average molecular weight is 257 g/mol. The zero-order valence-corrected chi connectivity index (χ0v) is 9.62. The Bertz CT molecular complexity index is 782. The van der Waals surface area contributed by atoms with Crippen LogP contribution in [0.15, 0.2) is 42.9 Å². The highest BCUT2D eigenvalue weighted by atomic mass is 19.1. The molecule has 3 aromatic rings. The Balaban J connectivity index is 2.33. The molecule has 0 radical (unpaired) electrons. The number of nitrogens with zero attached hydrogens (tertiary/aromatic N) is 3. The summed E-state index contributed by atoms with van der Waals surface area (Å²) in [4.78, 5) is 19.1. The van der Waals surface area contributed by atoms with Crippen LogP contribution in [-0.4, -0.2) is 25.4 Å². The van der Waals surface area contributed by atoms with Crippen LogP contribution in [0.3, 0.4) is 0 Å². The molecule has 0 aliphatic carbocycles. The number of hydrogen-bond acceptors (Lipinski definition) is 3. The average Bonchev–Trinajstić information content (AvgIpc) is 2.82. The lowest BCUT2D eigenvalue weighted by molar-refractivity contribution is 0.0689. The highest BCUT2D eigenvalue weighted by Gasteiger charge is 2.14. The van der Waals surface area contributed by atoms with Crippen LogP contribution >= 0.6 is 0 Å². The number of carbonyl (C=O) groups is 1. The summed E-state index contributed by atoms with van der Waals surface area (Å²) in [5, 5.41) is 9.19. The molecule has 0 saturated heterocycles. The van der Waals surface area contributed by atoms with E-state index in [1.54, 1.807) is 12.1 Å². The second-order valence-electron chi connectivity index (χ2n) is 3.95. The summed E-state index contributed by atoms with van der Waals surface area (Å²) in [6, 6.07) is 6.05. The Morgan fingerprint density at radius 2 is 2.11 bits per heavy atom. The number of fused-ring (bicyclic) bond motifs is 1. The van der Waals surface area contributed by atoms with Crippen molar-refractivity contribution in [3.63, 3.8) is 0 Å². The van der Waals surface area contributed by atoms with E-state index in [2.05, 4.69) is 9.97 Å². The first kappa shape index (κ1) is 11.3. The van der Waals surface area contributed by atoms with Crippen molar-refractivity contribution in [1.29, 1.82) is 0 Å². The Labute approximate surface area is 107 Å². The van der Waals surface area contributed by atoms with E-state index in [0.717, 1.165) is 6.20 Å². The minimum absolute atomic E-state index is 0.0641. The van der Waals surface area contributed by atoms with Gasteiger partial charge in [0.25, 0.3) is 0 Å². The summed E-state index contributed by atoms with van der Waals surface area (Å²) in [5.41, 5.74) is 1.51. The molecule has 0 fully saturated rings. The third-order valence-electron chi connectivity index (χ3n) is 2.75. The van der Waals surface area contributed by atoms with Crippen LogP contribution in [0, 0.1) is 5.82 Å². The van der Waals surface area contributed by atoms with Gasteiger partial charge in [-0.05, 0) is 18.2 Å². The van der Waals surface area contributed by atoms with Gasteiger partial charge in [-0.2, -0.15) is 0 Å². The van der Waals surface area contributed by atoms with Crippen molar-refractivity contribution in [2.45, 2.75) is 0 Å². The summed E-state index contributed by atoms with van der Waals surface area (Å²) in [5.74, 6) is -1.56. The summed E-state index contributed by atoms with van der Waals surface area (Å²) >= 11 is 0. The molecule has 5 nitrogen and oxygen atoms in total. The van der Waals surface area contributed by atoms with Gasteiger partial charge < -0.3 is 5.11 Å². The molecule has 0 bridgehead atoms. The van der Waals surface area contributed by atoms with Crippen LogP contribution < -0.4 is 0 Å². The van der Waals surface area contributed by atoms with Gasteiger partial charge in [-0.25, -0.2) is 14.2 Å². The normalized spacial score (nSPS) is 10.8. The Morgan fingerprint density at radius 3 is 2.84 bits per heavy atom. The molecule has 0 saturated carbocycles. The molecular weight excluding hydrogens is 249 g/mol. The Morgan fingerprint density at radius 1 is 1.26 bits per heavy atom. The van der Waals surface area contributed by atoms with Gasteiger partial charge >= 0.3 is 5.97 Å². The number of carboxylic acids is 1. The SMILES string of the molecule is O=C(O)c1cccc2ncc(-c3cncc(F)c3)n12. The van der Waals surface area contributed by atoms with E-state index in [-0.39, 0.29) is 5.69 Å². The van der Waals surface area contributed by atoms with Crippen molar-refractivity contribution in [3.05, 3.63) is 54.4 Å². The van der Waals surface area contributed by atoms with E-state index >= 15 is 0 Å². The first-order valence-electron chi connectivity index (χ1n) is 5.47. The van der Waals surface area contributed by atoms with Gasteiger partial charge in [0, 0.05) is 11.8 Å². The van der Waals surface area contributed by atoms with Crippen LogP contribution in [0.2, 0.25) is 0 Å². The van der Waals surface area contributed by atoms with Gasteiger partial charge in [0.2, 0.25) is 0 Å². The first-order chi connectivity index (χ1) is 9.16. The molecule has 0 aliphatic rings. The molecule has 0 aliphatic heterocycles. The monoisotopic (exact) mass is 257 g/mol. The molecule has 94 valence electrons. The Kier molecular flexibility index (Phi) is 2.49. The lowest BCUT2D eigenvalue weighted by atomic mass is 10.2. The predicted octanol–water partition coefficient (Wildman–Crippen LogP) is 2.23. The number of aromatic carboxylic acids is 1. The van der Waals surface area contributed by atoms with Gasteiger partial charge in [0.15, 0.2) is 0 Å². The van der Waals surface area contributed by atoms with Crippen LogP contribution in [0.5, 0.6) is 0 Å². The molecule has 19 heavy (non-hydrogen) atoms. The van der Waals surface area contributed by atoms with Crippen molar-refractivity contribution in [2.75, 3.05) is 0 Å². The Hall–Kier alpha value is -2.76. The van der Waals surface area contributed by atoms with E-state index in [1.165, 1.54) is 28.9 Å². The maximum absolute atomic E-state index is 13.2. The topological polar surface area (TPSA) is 67.5 Å². The zero-order chi connectivity index (χ0) is 13.4. The quantitative estimate of drug-likeness (QED) is 0.764. The van der Waals surface area contributed by atoms with Gasteiger partial charge in [0.05, 0.1) is 18.1 Å². The number of halogens is 1. The third-order valence-corrected chi connectivity index (χ3v) is 2.75. The van der Waals surface area contributed by atoms with E-state index in [0.29, 0.717) is 16.9 Å².